The van der Waals surface area contributed by atoms with Gasteiger partial charge in [-0.25, -0.2) is 64.4 Å². The van der Waals surface area contributed by atoms with Crippen molar-refractivity contribution in [2.75, 3.05) is 0 Å². The average Bonchev–Trinajstić information content (AvgIpc) is 1.58. The van der Waals surface area contributed by atoms with E-state index >= 15 is 0 Å². The van der Waals surface area contributed by atoms with Crippen LogP contribution in [0.15, 0.2) is 413 Å². The Kier molecular flexibility index (Phi) is 27.2. The number of pyridine rings is 8. The minimum atomic E-state index is -3.17. The van der Waals surface area contributed by atoms with Crippen LogP contribution in [0.1, 0.15) is 5.48 Å². The molecule has 16 nitrogen and oxygen atoms in total. The third-order valence-corrected chi connectivity index (χ3v) is 34.2. The topological polar surface area (TPSA) is 208 Å². The minimum Gasteiger partial charge on any atom is -0.460 e. The molecule has 0 aliphatic carbocycles. The molecule has 4 aliphatic heterocycles. The fourth-order valence-corrected chi connectivity index (χ4v) is 28.0. The van der Waals surface area contributed by atoms with Gasteiger partial charge in [0.05, 0.1) is 5.48 Å². The van der Waals surface area contributed by atoms with E-state index in [9.17, 15) is 18.3 Å². The Balaban J connectivity index is 0.000000128. The first-order valence-electron chi connectivity index (χ1n) is 43.8. The molecule has 0 amide bonds. The van der Waals surface area contributed by atoms with Gasteiger partial charge in [-0.15, -0.1) is 72.8 Å². The standard InChI is InChI=1S/4C28H17N2O2P.4Pt/c4*31-33(28-13-4-6-17-30-28)25-11-2-1-10-23(25)24-15-14-21(19-26(24)33)20-8-7-9-22(18-20)32-27-12-3-5-16-29-27;;;;/h4*1-17H;;;;/q4*-2;4*+2/i16D;12D;5D;3D;;;;. The van der Waals surface area contributed by atoms with Crippen LogP contribution in [0, 0.1) is 48.5 Å². The monoisotopic (exact) mass is 2560 g/mol. The predicted molar refractivity (Wildman–Crippen MR) is 520 cm³/mol. The van der Waals surface area contributed by atoms with Gasteiger partial charge in [0.1, 0.15) is 21.7 Å². The average molecular weight is 2560 g/mol. The van der Waals surface area contributed by atoms with E-state index in [4.69, 9.17) is 24.4 Å². The van der Waals surface area contributed by atoms with Gasteiger partial charge in [0.2, 0.25) is 23.5 Å². The van der Waals surface area contributed by atoms with Gasteiger partial charge in [-0.2, -0.15) is 97.1 Å². The number of rotatable bonds is 16. The summed E-state index contributed by atoms with van der Waals surface area (Å²) in [5, 5.41) is 5.80. The van der Waals surface area contributed by atoms with Gasteiger partial charge in [-0.3, -0.25) is 19.9 Å². The number of nitrogens with zero attached hydrogens (tertiary/aromatic N) is 8. The Bertz CT molecular complexity index is 8030. The van der Waals surface area contributed by atoms with Gasteiger partial charge < -0.3 is 37.2 Å². The molecule has 12 heterocycles. The first-order chi connectivity index (χ1) is 66.5. The summed E-state index contributed by atoms with van der Waals surface area (Å²) in [6, 6.07) is 133. The van der Waals surface area contributed by atoms with Crippen LogP contribution in [-0.4, -0.2) is 39.9 Å². The van der Waals surface area contributed by atoms with Gasteiger partial charge in [0, 0.05) is 118 Å². The Morgan fingerprint density at radius 2 is 0.485 bits per heavy atom. The van der Waals surface area contributed by atoms with E-state index in [-0.39, 0.29) is 102 Å². The van der Waals surface area contributed by atoms with Crippen LogP contribution in [0.4, 0.5) is 0 Å². The summed E-state index contributed by atoms with van der Waals surface area (Å²) in [6.07, 6.45) is 11.4. The minimum absolute atomic E-state index is 0. The molecule has 4 aliphatic rings. The number of fused-ring (bicyclic) bond motifs is 12. The van der Waals surface area contributed by atoms with Crippen LogP contribution in [0.25, 0.3) is 89.0 Å². The molecule has 4 atom stereocenters. The summed E-state index contributed by atoms with van der Waals surface area (Å²) in [6.45, 7) is 0. The molecule has 664 valence electrons. The van der Waals surface area contributed by atoms with Crippen LogP contribution < -0.4 is 83.1 Å². The molecule has 12 aromatic carbocycles. The second-order valence-corrected chi connectivity index (χ2v) is 40.7. The third kappa shape index (κ3) is 18.4. The number of benzene rings is 12. The van der Waals surface area contributed by atoms with Gasteiger partial charge in [-0.05, 0) is 95.0 Å². The Morgan fingerprint density at radius 3 is 0.809 bits per heavy atom. The molecular weight excluding hydrogens is 2490 g/mol. The fraction of sp³-hybridized carbons (Fsp3) is 0. The molecular formula is C112H68N8O8P4Pt4. The van der Waals surface area contributed by atoms with Crippen LogP contribution in [0.2, 0.25) is 0 Å². The van der Waals surface area contributed by atoms with Crippen molar-refractivity contribution < 1.29 is 127 Å². The summed E-state index contributed by atoms with van der Waals surface area (Å²) in [5.74, 6) is 3.13. The van der Waals surface area contributed by atoms with E-state index in [0.717, 1.165) is 110 Å². The first-order valence-corrected chi connectivity index (χ1v) is 48.6. The van der Waals surface area contributed by atoms with Crippen molar-refractivity contribution in [3.05, 3.63) is 462 Å². The number of hydrogen-bond donors (Lipinski definition) is 0. The molecule has 0 N–H and O–H groups in total. The predicted octanol–water partition coefficient (Wildman–Crippen LogP) is 20.6. The molecule has 0 saturated carbocycles. The second kappa shape index (κ2) is 41.5. The van der Waals surface area contributed by atoms with E-state index < -0.39 is 28.6 Å². The van der Waals surface area contributed by atoms with Crippen LogP contribution >= 0.6 is 28.6 Å². The molecule has 0 bridgehead atoms. The summed E-state index contributed by atoms with van der Waals surface area (Å²) >= 11 is 0. The molecule has 0 spiro atoms. The maximum Gasteiger partial charge on any atom is 2.00 e. The largest absolute Gasteiger partial charge is 2.00 e. The van der Waals surface area contributed by atoms with Crippen LogP contribution in [0.3, 0.4) is 0 Å². The normalized spacial score (nSPS) is 16.1. The van der Waals surface area contributed by atoms with Crippen molar-refractivity contribution in [1.29, 1.82) is 0 Å². The zero-order chi connectivity index (χ0) is 92.5. The van der Waals surface area contributed by atoms with E-state index in [1.54, 1.807) is 110 Å². The molecule has 8 aromatic heterocycles. The second-order valence-electron chi connectivity index (χ2n) is 30.3. The first kappa shape index (κ1) is 89.3. The molecule has 0 saturated heterocycles. The van der Waals surface area contributed by atoms with E-state index in [0.29, 0.717) is 95.7 Å². The molecule has 136 heavy (non-hydrogen) atoms. The Morgan fingerprint density at radius 1 is 0.206 bits per heavy atom. The number of aromatic nitrogens is 8. The molecule has 4 unspecified atom stereocenters. The zero-order valence-corrected chi connectivity index (χ0v) is 83.5. The fourth-order valence-electron chi connectivity index (χ4n) is 16.5. The van der Waals surface area contributed by atoms with Gasteiger partial charge in [-0.1, -0.05) is 189 Å². The Hall–Kier alpha value is -13.3. The zero-order valence-electron chi connectivity index (χ0n) is 74.8. The number of hydrogen-bond acceptors (Lipinski definition) is 16. The summed E-state index contributed by atoms with van der Waals surface area (Å²) in [4.78, 5) is 34.3. The summed E-state index contributed by atoms with van der Waals surface area (Å²) < 4.78 is 113. The van der Waals surface area contributed by atoms with Crippen molar-refractivity contribution in [2.24, 2.45) is 0 Å². The van der Waals surface area contributed by atoms with Crippen molar-refractivity contribution in [1.82, 2.24) is 39.9 Å². The van der Waals surface area contributed by atoms with Gasteiger partial charge >= 0.3 is 84.3 Å². The Labute approximate surface area is 849 Å². The number of ether oxygens (including phenoxy) is 4. The molecule has 20 aromatic rings. The quantitative estimate of drug-likeness (QED) is 0.0651. The third-order valence-electron chi connectivity index (χ3n) is 22.4. The molecule has 24 rings (SSSR count). The van der Waals surface area contributed by atoms with E-state index in [2.05, 4.69) is 88.4 Å². The van der Waals surface area contributed by atoms with Crippen LogP contribution in [-0.2, 0) is 103 Å². The summed E-state index contributed by atoms with van der Waals surface area (Å²) in [7, 11) is -12.7. The SMILES string of the molecule is [2H]c1ccc(Oc2[c-]c(-c3[c-]c4c(cc3)-c3ccccc3P4(=O)c3ccccn3)ccc2)nc1.[2H]c1cccc(Oc2[c-]c(-c3[c-]c4c(cc3)-c3ccccc3P4(=O)c3ccccn3)ccc2)n1.[2H]c1cccnc1Oc1[c-]c(-c2[c-]c3c(cc2)-c2ccccc2P3(=O)c2ccccn2)ccc1.[2H]c1ccnc(Oc2[c-]c(-c3[c-]c4c(cc3)-c3ccccc3P4(=O)c3ccccn3)ccc2)c1.[Pt+2].[Pt+2].[Pt+2].[Pt+2]. The van der Waals surface area contributed by atoms with Crippen molar-refractivity contribution in [3.63, 3.8) is 0 Å². The molecule has 24 heteroatoms. The molecule has 0 radical (unpaired) electrons. The van der Waals surface area contributed by atoms with Crippen molar-refractivity contribution >= 4 is 92.7 Å². The van der Waals surface area contributed by atoms with Crippen molar-refractivity contribution in [3.8, 4) is 136 Å². The smallest absolute Gasteiger partial charge is 0.460 e. The van der Waals surface area contributed by atoms with E-state index in [1.807, 2.05) is 267 Å². The van der Waals surface area contributed by atoms with E-state index in [1.165, 1.54) is 12.4 Å². The maximum absolute atomic E-state index is 14.6. The van der Waals surface area contributed by atoms with Gasteiger partial charge in [0.25, 0.3) is 0 Å². The summed E-state index contributed by atoms with van der Waals surface area (Å²) in [5.41, 5.74) is 15.7. The maximum atomic E-state index is 14.6. The van der Waals surface area contributed by atoms with Crippen molar-refractivity contribution in [2.45, 2.75) is 0 Å². The van der Waals surface area contributed by atoms with Gasteiger partial charge in [0.15, 0.2) is 28.6 Å². The van der Waals surface area contributed by atoms with Crippen LogP contribution in [0.5, 0.6) is 46.5 Å². The molecule has 0 fully saturated rings.